The van der Waals surface area contributed by atoms with Crippen LogP contribution in [0.2, 0.25) is 0 Å². The van der Waals surface area contributed by atoms with Gasteiger partial charge in [0, 0.05) is 26.7 Å². The Labute approximate surface area is 104 Å². The van der Waals surface area contributed by atoms with E-state index in [0.29, 0.717) is 19.0 Å². The van der Waals surface area contributed by atoms with Gasteiger partial charge in [-0.05, 0) is 25.7 Å². The zero-order valence-corrected chi connectivity index (χ0v) is 11.5. The first-order valence-electron chi connectivity index (χ1n) is 6.47. The van der Waals surface area contributed by atoms with E-state index in [-0.39, 0.29) is 17.4 Å². The Bertz CT molecular complexity index is 268. The standard InChI is InChI=1S/C13H26N2O2/c1-10(2)11(8-14)12(16)15-7-5-6-13(3,9-15)17-4/h10-11H,5-9,14H2,1-4H3. The predicted molar refractivity (Wildman–Crippen MR) is 68.6 cm³/mol. The second-order valence-electron chi connectivity index (χ2n) is 5.60. The van der Waals surface area contributed by atoms with Crippen molar-refractivity contribution in [3.63, 3.8) is 0 Å². The summed E-state index contributed by atoms with van der Waals surface area (Å²) in [7, 11) is 1.72. The van der Waals surface area contributed by atoms with E-state index in [1.165, 1.54) is 0 Å². The van der Waals surface area contributed by atoms with Gasteiger partial charge >= 0.3 is 0 Å². The van der Waals surface area contributed by atoms with E-state index in [1.807, 2.05) is 4.90 Å². The van der Waals surface area contributed by atoms with Gasteiger partial charge in [0.25, 0.3) is 0 Å². The third-order valence-electron chi connectivity index (χ3n) is 3.84. The summed E-state index contributed by atoms with van der Waals surface area (Å²) < 4.78 is 5.51. The molecule has 0 aliphatic carbocycles. The molecule has 2 unspecified atom stereocenters. The van der Waals surface area contributed by atoms with Crippen molar-refractivity contribution in [2.75, 3.05) is 26.7 Å². The Morgan fingerprint density at radius 1 is 1.53 bits per heavy atom. The number of methoxy groups -OCH3 is 1. The van der Waals surface area contributed by atoms with Crippen LogP contribution in [0.15, 0.2) is 0 Å². The van der Waals surface area contributed by atoms with Gasteiger partial charge in [-0.1, -0.05) is 13.8 Å². The molecule has 1 saturated heterocycles. The van der Waals surface area contributed by atoms with E-state index in [1.54, 1.807) is 7.11 Å². The Balaban J connectivity index is 2.69. The highest BCUT2D eigenvalue weighted by molar-refractivity contribution is 5.79. The van der Waals surface area contributed by atoms with Crippen LogP contribution in [0.25, 0.3) is 0 Å². The average Bonchev–Trinajstić information content (AvgIpc) is 2.29. The van der Waals surface area contributed by atoms with Crippen molar-refractivity contribution in [1.29, 1.82) is 0 Å². The van der Waals surface area contributed by atoms with Crippen LogP contribution in [0, 0.1) is 11.8 Å². The van der Waals surface area contributed by atoms with Gasteiger partial charge in [-0.2, -0.15) is 0 Å². The summed E-state index contributed by atoms with van der Waals surface area (Å²) in [5, 5.41) is 0. The summed E-state index contributed by atoms with van der Waals surface area (Å²) in [5.41, 5.74) is 5.51. The molecule has 1 rings (SSSR count). The number of carbonyl (C=O) groups excluding carboxylic acids is 1. The molecule has 0 bridgehead atoms. The van der Waals surface area contributed by atoms with Gasteiger partial charge in [0.15, 0.2) is 0 Å². The molecule has 0 saturated carbocycles. The maximum atomic E-state index is 12.4. The molecule has 1 aliphatic heterocycles. The Morgan fingerprint density at radius 3 is 2.65 bits per heavy atom. The Hall–Kier alpha value is -0.610. The van der Waals surface area contributed by atoms with Crippen LogP contribution >= 0.6 is 0 Å². The van der Waals surface area contributed by atoms with Crippen LogP contribution in [0.5, 0.6) is 0 Å². The maximum absolute atomic E-state index is 12.4. The van der Waals surface area contributed by atoms with Crippen molar-refractivity contribution < 1.29 is 9.53 Å². The molecule has 17 heavy (non-hydrogen) atoms. The number of hydrogen-bond acceptors (Lipinski definition) is 3. The van der Waals surface area contributed by atoms with E-state index in [4.69, 9.17) is 10.5 Å². The summed E-state index contributed by atoms with van der Waals surface area (Å²) in [4.78, 5) is 14.3. The number of likely N-dealkylation sites (tertiary alicyclic amines) is 1. The SMILES string of the molecule is COC1(C)CCCN(C(=O)C(CN)C(C)C)C1. The average molecular weight is 242 g/mol. The number of nitrogens with zero attached hydrogens (tertiary/aromatic N) is 1. The van der Waals surface area contributed by atoms with Gasteiger partial charge in [-0.25, -0.2) is 0 Å². The van der Waals surface area contributed by atoms with Crippen molar-refractivity contribution >= 4 is 5.91 Å². The van der Waals surface area contributed by atoms with Crippen LogP contribution in [0.4, 0.5) is 0 Å². The third kappa shape index (κ3) is 3.42. The van der Waals surface area contributed by atoms with Gasteiger partial charge in [-0.15, -0.1) is 0 Å². The third-order valence-corrected chi connectivity index (χ3v) is 3.84. The summed E-state index contributed by atoms with van der Waals surface area (Å²) in [6.07, 6.45) is 2.02. The van der Waals surface area contributed by atoms with Crippen molar-refractivity contribution in [2.45, 2.75) is 39.2 Å². The molecule has 1 aliphatic rings. The smallest absolute Gasteiger partial charge is 0.227 e. The van der Waals surface area contributed by atoms with Crippen molar-refractivity contribution in [2.24, 2.45) is 17.6 Å². The summed E-state index contributed by atoms with van der Waals surface area (Å²) in [6, 6.07) is 0. The zero-order valence-electron chi connectivity index (χ0n) is 11.5. The van der Waals surface area contributed by atoms with Crippen molar-refractivity contribution in [3.05, 3.63) is 0 Å². The molecule has 0 radical (unpaired) electrons. The lowest BCUT2D eigenvalue weighted by Gasteiger charge is -2.41. The molecule has 100 valence electrons. The molecule has 2 N–H and O–H groups in total. The summed E-state index contributed by atoms with van der Waals surface area (Å²) in [6.45, 7) is 8.12. The van der Waals surface area contributed by atoms with E-state index < -0.39 is 0 Å². The lowest BCUT2D eigenvalue weighted by molar-refractivity contribution is -0.144. The van der Waals surface area contributed by atoms with Crippen LogP contribution in [0.1, 0.15) is 33.6 Å². The van der Waals surface area contributed by atoms with Crippen LogP contribution < -0.4 is 5.73 Å². The summed E-state index contributed by atoms with van der Waals surface area (Å²) in [5.74, 6) is 0.419. The van der Waals surface area contributed by atoms with Crippen molar-refractivity contribution in [3.8, 4) is 0 Å². The number of piperidine rings is 1. The number of amides is 1. The first kappa shape index (κ1) is 14.5. The highest BCUT2D eigenvalue weighted by Crippen LogP contribution is 2.25. The molecule has 0 aromatic rings. The molecule has 1 amide bonds. The van der Waals surface area contributed by atoms with E-state index in [2.05, 4.69) is 20.8 Å². The van der Waals surface area contributed by atoms with Crippen LogP contribution in [-0.4, -0.2) is 43.2 Å². The molecule has 0 aromatic carbocycles. The van der Waals surface area contributed by atoms with Gasteiger partial charge < -0.3 is 15.4 Å². The number of carbonyl (C=O) groups is 1. The van der Waals surface area contributed by atoms with Crippen molar-refractivity contribution in [1.82, 2.24) is 4.90 Å². The fourth-order valence-corrected chi connectivity index (χ4v) is 2.45. The Morgan fingerprint density at radius 2 is 2.18 bits per heavy atom. The molecular formula is C13H26N2O2. The second-order valence-corrected chi connectivity index (χ2v) is 5.60. The number of nitrogens with two attached hydrogens (primary N) is 1. The van der Waals surface area contributed by atoms with E-state index in [9.17, 15) is 4.79 Å². The minimum atomic E-state index is -0.190. The minimum absolute atomic E-state index is 0.0609. The Kier molecular flexibility index (Phi) is 4.95. The predicted octanol–water partition coefficient (Wildman–Crippen LogP) is 1.24. The number of rotatable bonds is 4. The van der Waals surface area contributed by atoms with Crippen LogP contribution in [-0.2, 0) is 9.53 Å². The highest BCUT2D eigenvalue weighted by atomic mass is 16.5. The first-order chi connectivity index (χ1) is 7.93. The largest absolute Gasteiger partial charge is 0.377 e. The van der Waals surface area contributed by atoms with Crippen LogP contribution in [0.3, 0.4) is 0 Å². The highest BCUT2D eigenvalue weighted by Gasteiger charge is 2.35. The fourth-order valence-electron chi connectivity index (χ4n) is 2.45. The van der Waals surface area contributed by atoms with Gasteiger partial charge in [0.1, 0.15) is 0 Å². The molecule has 4 nitrogen and oxygen atoms in total. The van der Waals surface area contributed by atoms with Gasteiger partial charge in [0.05, 0.1) is 11.5 Å². The molecule has 1 heterocycles. The quantitative estimate of drug-likeness (QED) is 0.807. The molecule has 2 atom stereocenters. The van der Waals surface area contributed by atoms with Gasteiger partial charge in [0.2, 0.25) is 5.91 Å². The lowest BCUT2D eigenvalue weighted by atomic mass is 9.90. The maximum Gasteiger partial charge on any atom is 0.227 e. The summed E-state index contributed by atoms with van der Waals surface area (Å²) >= 11 is 0. The van der Waals surface area contributed by atoms with E-state index >= 15 is 0 Å². The fraction of sp³-hybridized carbons (Fsp3) is 0.923. The number of hydrogen-bond donors (Lipinski definition) is 1. The molecule has 1 fully saturated rings. The van der Waals surface area contributed by atoms with E-state index in [0.717, 1.165) is 19.4 Å². The normalized spacial score (nSPS) is 27.3. The molecule has 0 spiro atoms. The lowest BCUT2D eigenvalue weighted by Crippen LogP contribution is -2.52. The minimum Gasteiger partial charge on any atom is -0.377 e. The van der Waals surface area contributed by atoms with Gasteiger partial charge in [-0.3, -0.25) is 4.79 Å². The number of ether oxygens (including phenoxy) is 1. The molecular weight excluding hydrogens is 216 g/mol. The zero-order chi connectivity index (χ0) is 13.1. The monoisotopic (exact) mass is 242 g/mol. The molecule has 4 heteroatoms. The topological polar surface area (TPSA) is 55.6 Å². The second kappa shape index (κ2) is 5.83. The first-order valence-corrected chi connectivity index (χ1v) is 6.47. The molecule has 0 aromatic heterocycles.